The van der Waals surface area contributed by atoms with Crippen LogP contribution < -0.4 is 0 Å². The third-order valence-electron chi connectivity index (χ3n) is 4.96. The number of benzene rings is 4. The van der Waals surface area contributed by atoms with Crippen LogP contribution in [0.1, 0.15) is 16.7 Å². The highest BCUT2D eigenvalue weighted by molar-refractivity contribution is 5.86. The van der Waals surface area contributed by atoms with E-state index < -0.39 is 0 Å². The Balaban J connectivity index is 1.88. The molecule has 4 rings (SSSR count). The summed E-state index contributed by atoms with van der Waals surface area (Å²) in [6.45, 7) is 2.26. The summed E-state index contributed by atoms with van der Waals surface area (Å²) in [4.78, 5) is 0. The predicted molar refractivity (Wildman–Crippen MR) is 111 cm³/mol. The third-order valence-corrected chi connectivity index (χ3v) is 4.96. The highest BCUT2D eigenvalue weighted by atomic mass is 14.2. The summed E-state index contributed by atoms with van der Waals surface area (Å²) < 4.78 is 0. The maximum Gasteiger partial charge on any atom is -0.00229 e. The zero-order valence-corrected chi connectivity index (χ0v) is 15.0. The molecule has 0 unspecified atom stereocenters. The molecule has 0 bridgehead atoms. The Kier molecular flexibility index (Phi) is 4.66. The highest BCUT2D eigenvalue weighted by Crippen LogP contribution is 2.36. The van der Waals surface area contributed by atoms with Crippen LogP contribution in [-0.2, 0) is 6.42 Å². The smallest absolute Gasteiger partial charge is 0.00229 e. The van der Waals surface area contributed by atoms with Gasteiger partial charge in [0.05, 0.1) is 0 Å². The molecule has 0 spiro atoms. The molecule has 0 aromatic heterocycles. The molecule has 0 saturated heterocycles. The minimum absolute atomic E-state index is 0.960. The van der Waals surface area contributed by atoms with E-state index in [1.807, 2.05) is 0 Å². The molecule has 0 aliphatic heterocycles. The zero-order chi connectivity index (χ0) is 17.8. The first-order valence-electron chi connectivity index (χ1n) is 9.10. The second-order valence-electron chi connectivity index (χ2n) is 6.67. The van der Waals surface area contributed by atoms with Crippen molar-refractivity contribution in [3.05, 3.63) is 120 Å². The van der Waals surface area contributed by atoms with Gasteiger partial charge in [-0.1, -0.05) is 103 Å². The fourth-order valence-corrected chi connectivity index (χ4v) is 3.60. The van der Waals surface area contributed by atoms with Crippen molar-refractivity contribution >= 4 is 0 Å². The second kappa shape index (κ2) is 7.41. The van der Waals surface area contributed by atoms with Crippen molar-refractivity contribution in [1.29, 1.82) is 0 Å². The molecular weight excluding hydrogens is 312 g/mol. The van der Waals surface area contributed by atoms with Gasteiger partial charge in [-0.15, -0.1) is 0 Å². The molecule has 0 saturated carbocycles. The molecule has 0 nitrogen and oxygen atoms in total. The van der Waals surface area contributed by atoms with Crippen LogP contribution in [-0.4, -0.2) is 0 Å². The number of hydrogen-bond acceptors (Lipinski definition) is 0. The van der Waals surface area contributed by atoms with Gasteiger partial charge in [-0.3, -0.25) is 0 Å². The Morgan fingerprint density at radius 3 is 1.69 bits per heavy atom. The topological polar surface area (TPSA) is 0 Å². The van der Waals surface area contributed by atoms with Crippen LogP contribution in [0.5, 0.6) is 0 Å². The minimum atomic E-state index is 0.960. The fraction of sp³-hybridized carbons (Fsp3) is 0.0769. The van der Waals surface area contributed by atoms with E-state index in [-0.39, 0.29) is 0 Å². The minimum Gasteiger partial charge on any atom is -0.0622 e. The average Bonchev–Trinajstić information content (AvgIpc) is 2.71. The molecular formula is C26H22. The Labute approximate surface area is 155 Å². The molecule has 26 heavy (non-hydrogen) atoms. The zero-order valence-electron chi connectivity index (χ0n) is 15.0. The summed E-state index contributed by atoms with van der Waals surface area (Å²) in [5.41, 5.74) is 9.27. The van der Waals surface area contributed by atoms with Gasteiger partial charge in [-0.25, -0.2) is 0 Å². The van der Waals surface area contributed by atoms with Gasteiger partial charge in [-0.05, 0) is 52.3 Å². The van der Waals surface area contributed by atoms with Crippen molar-refractivity contribution in [2.24, 2.45) is 0 Å². The molecule has 126 valence electrons. The molecule has 0 amide bonds. The molecule has 0 heteroatoms. The summed E-state index contributed by atoms with van der Waals surface area (Å²) in [5.74, 6) is 0. The molecule has 0 atom stereocenters. The van der Waals surface area contributed by atoms with E-state index >= 15 is 0 Å². The standard InChI is InChI=1S/C26H22/c1-20-24(19-21-11-5-2-6-12-21)17-18-25(22-13-7-3-8-14-22)26(20)23-15-9-4-10-16-23/h2-18H,19H2,1H3. The van der Waals surface area contributed by atoms with Crippen molar-refractivity contribution in [3.63, 3.8) is 0 Å². The molecule has 0 heterocycles. The van der Waals surface area contributed by atoms with Gasteiger partial charge in [-0.2, -0.15) is 0 Å². The van der Waals surface area contributed by atoms with Gasteiger partial charge in [0.15, 0.2) is 0 Å². The summed E-state index contributed by atoms with van der Waals surface area (Å²) >= 11 is 0. The fourth-order valence-electron chi connectivity index (χ4n) is 3.60. The van der Waals surface area contributed by atoms with Crippen molar-refractivity contribution < 1.29 is 0 Å². The quantitative estimate of drug-likeness (QED) is 0.380. The number of rotatable bonds is 4. The van der Waals surface area contributed by atoms with Gasteiger partial charge in [0.1, 0.15) is 0 Å². The van der Waals surface area contributed by atoms with Gasteiger partial charge < -0.3 is 0 Å². The van der Waals surface area contributed by atoms with Gasteiger partial charge >= 0.3 is 0 Å². The van der Waals surface area contributed by atoms with Crippen LogP contribution >= 0.6 is 0 Å². The SMILES string of the molecule is Cc1c(Cc2ccccc2)ccc(-c2ccccc2)c1-c1ccccc1. The van der Waals surface area contributed by atoms with Gasteiger partial charge in [0.25, 0.3) is 0 Å². The van der Waals surface area contributed by atoms with Crippen LogP contribution in [0.15, 0.2) is 103 Å². The summed E-state index contributed by atoms with van der Waals surface area (Å²) in [6, 6.07) is 36.7. The van der Waals surface area contributed by atoms with Crippen LogP contribution in [0, 0.1) is 6.92 Å². The first-order valence-corrected chi connectivity index (χ1v) is 9.10. The highest BCUT2D eigenvalue weighted by Gasteiger charge is 2.13. The lowest BCUT2D eigenvalue weighted by Crippen LogP contribution is -1.97. The Hall–Kier alpha value is -3.12. The van der Waals surface area contributed by atoms with Gasteiger partial charge in [0, 0.05) is 0 Å². The molecule has 0 aliphatic rings. The first kappa shape index (κ1) is 16.4. The van der Waals surface area contributed by atoms with Crippen LogP contribution in [0.25, 0.3) is 22.3 Å². The van der Waals surface area contributed by atoms with Crippen molar-refractivity contribution in [3.8, 4) is 22.3 Å². The third kappa shape index (κ3) is 3.32. The molecule has 0 radical (unpaired) electrons. The van der Waals surface area contributed by atoms with E-state index in [4.69, 9.17) is 0 Å². The van der Waals surface area contributed by atoms with E-state index in [0.29, 0.717) is 0 Å². The first-order chi connectivity index (χ1) is 12.8. The van der Waals surface area contributed by atoms with E-state index in [1.165, 1.54) is 38.9 Å². The molecule has 4 aromatic carbocycles. The van der Waals surface area contributed by atoms with Crippen LogP contribution in [0.3, 0.4) is 0 Å². The summed E-state index contributed by atoms with van der Waals surface area (Å²) in [7, 11) is 0. The van der Waals surface area contributed by atoms with E-state index in [9.17, 15) is 0 Å². The molecule has 4 aromatic rings. The molecule has 0 aliphatic carbocycles. The monoisotopic (exact) mass is 334 g/mol. The van der Waals surface area contributed by atoms with Crippen LogP contribution in [0.2, 0.25) is 0 Å². The Morgan fingerprint density at radius 1 is 0.538 bits per heavy atom. The maximum atomic E-state index is 2.29. The lowest BCUT2D eigenvalue weighted by Gasteiger charge is -2.17. The Bertz CT molecular complexity index is 984. The van der Waals surface area contributed by atoms with E-state index in [1.54, 1.807) is 0 Å². The normalized spacial score (nSPS) is 10.7. The summed E-state index contributed by atoms with van der Waals surface area (Å²) in [5, 5.41) is 0. The van der Waals surface area contributed by atoms with Crippen molar-refractivity contribution in [2.75, 3.05) is 0 Å². The van der Waals surface area contributed by atoms with Crippen molar-refractivity contribution in [1.82, 2.24) is 0 Å². The van der Waals surface area contributed by atoms with Gasteiger partial charge in [0.2, 0.25) is 0 Å². The summed E-state index contributed by atoms with van der Waals surface area (Å²) in [6.07, 6.45) is 0.960. The van der Waals surface area contributed by atoms with Crippen molar-refractivity contribution in [2.45, 2.75) is 13.3 Å². The maximum absolute atomic E-state index is 2.29. The second-order valence-corrected chi connectivity index (χ2v) is 6.67. The molecule has 0 N–H and O–H groups in total. The Morgan fingerprint density at radius 2 is 1.08 bits per heavy atom. The predicted octanol–water partition coefficient (Wildman–Crippen LogP) is 6.92. The lowest BCUT2D eigenvalue weighted by molar-refractivity contribution is 1.16. The molecule has 0 fully saturated rings. The van der Waals surface area contributed by atoms with E-state index in [2.05, 4.69) is 110 Å². The number of hydrogen-bond donors (Lipinski definition) is 0. The van der Waals surface area contributed by atoms with Crippen LogP contribution in [0.4, 0.5) is 0 Å². The lowest BCUT2D eigenvalue weighted by atomic mass is 9.87. The average molecular weight is 334 g/mol. The van der Waals surface area contributed by atoms with E-state index in [0.717, 1.165) is 6.42 Å². The largest absolute Gasteiger partial charge is 0.0622 e.